The summed E-state index contributed by atoms with van der Waals surface area (Å²) in [7, 11) is 0. The largest absolute Gasteiger partial charge is 0.411 e. The maximum absolute atomic E-state index is 15.9. The summed E-state index contributed by atoms with van der Waals surface area (Å²) in [4.78, 5) is 3.80. The van der Waals surface area contributed by atoms with Gasteiger partial charge in [0.25, 0.3) is 0 Å². The van der Waals surface area contributed by atoms with Crippen molar-refractivity contribution in [2.75, 3.05) is 9.80 Å². The molecule has 8 aromatic rings. The number of unbranched alkanes of at least 4 members (excludes halogenated alkanes) is 4. The second-order valence-corrected chi connectivity index (χ2v) is 20.3. The second kappa shape index (κ2) is 20.7. The van der Waals surface area contributed by atoms with E-state index >= 15 is 26.3 Å². The van der Waals surface area contributed by atoms with Gasteiger partial charge in [-0.05, 0) is 117 Å². The molecule has 0 amide bonds. The number of halogens is 6. The van der Waals surface area contributed by atoms with Crippen LogP contribution in [0, 0.1) is 0 Å². The van der Waals surface area contributed by atoms with E-state index in [9.17, 15) is 0 Å². The lowest BCUT2D eigenvalue weighted by atomic mass is 9.72. The number of hydrogen-bond acceptors (Lipinski definition) is 2. The molecule has 2 nitrogen and oxygen atoms in total. The summed E-state index contributed by atoms with van der Waals surface area (Å²) in [5, 5.41) is 3.63. The smallest absolute Gasteiger partial charge is 0.310 e. The maximum atomic E-state index is 15.9. The minimum absolute atomic E-state index is 0.0958. The standard InChI is InChI=1S/C63H64F6N2/c1-7-9-11-16-44-60(5,6)48-29-37-52(38-30-48)71(58-26-18-22-46-20-13-15-24-56(46)58)54-41-33-50(34-42-54)61(62(64,65)66,63(67,68)69)49-31-39-53(40-32-49)70(57-25-17-21-45-19-12-14-23-55(45)57)51-35-27-47(28-36-51)59(3,4)43-10-8-2/h12-15,17-42H,7-11,16,43-44H2,1-6H3. The Labute approximate surface area is 416 Å². The van der Waals surface area contributed by atoms with E-state index in [-0.39, 0.29) is 10.8 Å². The minimum atomic E-state index is -5.78. The molecule has 368 valence electrons. The predicted octanol–water partition coefficient (Wildman–Crippen LogP) is 20.1. The van der Waals surface area contributed by atoms with E-state index in [0.717, 1.165) is 119 Å². The molecule has 0 spiro atoms. The van der Waals surface area contributed by atoms with Crippen molar-refractivity contribution in [1.82, 2.24) is 0 Å². The third-order valence-electron chi connectivity index (χ3n) is 14.6. The highest BCUT2D eigenvalue weighted by atomic mass is 19.4. The van der Waals surface area contributed by atoms with Gasteiger partial charge in [0.1, 0.15) is 0 Å². The van der Waals surface area contributed by atoms with Crippen LogP contribution in [0.25, 0.3) is 21.5 Å². The van der Waals surface area contributed by atoms with E-state index in [0.29, 0.717) is 17.1 Å². The second-order valence-electron chi connectivity index (χ2n) is 20.3. The Morgan fingerprint density at radius 2 is 0.662 bits per heavy atom. The summed E-state index contributed by atoms with van der Waals surface area (Å²) >= 11 is 0. The third kappa shape index (κ3) is 10.2. The van der Waals surface area contributed by atoms with Crippen LogP contribution in [0.1, 0.15) is 115 Å². The van der Waals surface area contributed by atoms with Crippen LogP contribution < -0.4 is 9.80 Å². The van der Waals surface area contributed by atoms with Gasteiger partial charge in [-0.15, -0.1) is 0 Å². The zero-order valence-electron chi connectivity index (χ0n) is 41.6. The fourth-order valence-electron chi connectivity index (χ4n) is 10.4. The molecule has 8 heteroatoms. The van der Waals surface area contributed by atoms with E-state index in [1.807, 2.05) is 119 Å². The van der Waals surface area contributed by atoms with Crippen LogP contribution in [-0.4, -0.2) is 12.4 Å². The molecule has 0 aliphatic carbocycles. The van der Waals surface area contributed by atoms with Gasteiger partial charge in [-0.2, -0.15) is 26.3 Å². The van der Waals surface area contributed by atoms with Crippen LogP contribution >= 0.6 is 0 Å². The highest BCUT2D eigenvalue weighted by molar-refractivity contribution is 6.00. The Morgan fingerprint density at radius 1 is 0.338 bits per heavy atom. The van der Waals surface area contributed by atoms with E-state index in [4.69, 9.17) is 0 Å². The Hall–Kier alpha value is -6.54. The van der Waals surface area contributed by atoms with Gasteiger partial charge in [0.15, 0.2) is 0 Å². The van der Waals surface area contributed by atoms with Crippen molar-refractivity contribution in [2.24, 2.45) is 0 Å². The normalized spacial score (nSPS) is 12.7. The Morgan fingerprint density at radius 3 is 1.01 bits per heavy atom. The van der Waals surface area contributed by atoms with Crippen LogP contribution in [0.3, 0.4) is 0 Å². The van der Waals surface area contributed by atoms with Gasteiger partial charge in [0, 0.05) is 33.5 Å². The summed E-state index contributed by atoms with van der Waals surface area (Å²) in [5.74, 6) is 0. The van der Waals surface area contributed by atoms with Crippen molar-refractivity contribution in [2.45, 2.75) is 122 Å². The summed E-state index contributed by atoms with van der Waals surface area (Å²) < 4.78 is 95.3. The first kappa shape index (κ1) is 50.8. The van der Waals surface area contributed by atoms with E-state index in [1.54, 1.807) is 0 Å². The number of rotatable bonds is 18. The molecule has 0 aliphatic heterocycles. The van der Waals surface area contributed by atoms with Crippen LogP contribution in [0.4, 0.5) is 60.5 Å². The van der Waals surface area contributed by atoms with Crippen molar-refractivity contribution in [3.8, 4) is 0 Å². The fraction of sp³-hybridized carbons (Fsp3) is 0.302. The van der Waals surface area contributed by atoms with E-state index in [1.165, 1.54) is 30.7 Å². The molecule has 0 saturated heterocycles. The van der Waals surface area contributed by atoms with Gasteiger partial charge in [0.05, 0.1) is 11.4 Å². The number of nitrogens with zero attached hydrogens (tertiary/aromatic N) is 2. The molecule has 0 bridgehead atoms. The molecule has 0 unspecified atom stereocenters. The molecular weight excluding hydrogens is 899 g/mol. The molecule has 0 radical (unpaired) electrons. The summed E-state index contributed by atoms with van der Waals surface area (Å²) in [5.41, 5.74) is -0.393. The molecule has 8 aromatic carbocycles. The number of benzene rings is 8. The van der Waals surface area contributed by atoms with Crippen molar-refractivity contribution in [1.29, 1.82) is 0 Å². The van der Waals surface area contributed by atoms with E-state index in [2.05, 4.69) is 65.8 Å². The van der Waals surface area contributed by atoms with Crippen molar-refractivity contribution >= 4 is 55.7 Å². The zero-order chi connectivity index (χ0) is 50.6. The average Bonchev–Trinajstić information content (AvgIpc) is 3.35. The Bertz CT molecular complexity index is 3000. The molecular formula is C63H64F6N2. The monoisotopic (exact) mass is 962 g/mol. The van der Waals surface area contributed by atoms with Crippen LogP contribution in [0.15, 0.2) is 182 Å². The lowest BCUT2D eigenvalue weighted by Crippen LogP contribution is -2.54. The van der Waals surface area contributed by atoms with Crippen molar-refractivity contribution in [3.63, 3.8) is 0 Å². The highest BCUT2D eigenvalue weighted by Crippen LogP contribution is 2.57. The van der Waals surface area contributed by atoms with Crippen molar-refractivity contribution in [3.05, 3.63) is 204 Å². The zero-order valence-corrected chi connectivity index (χ0v) is 41.6. The van der Waals surface area contributed by atoms with E-state index < -0.39 is 28.9 Å². The van der Waals surface area contributed by atoms with Crippen molar-refractivity contribution < 1.29 is 26.3 Å². The molecule has 0 fully saturated rings. The van der Waals surface area contributed by atoms with Crippen LogP contribution in [0.5, 0.6) is 0 Å². The van der Waals surface area contributed by atoms with Gasteiger partial charge < -0.3 is 9.80 Å². The molecule has 0 aromatic heterocycles. The molecule has 71 heavy (non-hydrogen) atoms. The summed E-state index contributed by atoms with van der Waals surface area (Å²) in [6.07, 6.45) is -2.81. The van der Waals surface area contributed by atoms with Gasteiger partial charge in [-0.1, -0.05) is 201 Å². The molecule has 0 saturated carbocycles. The lowest BCUT2D eigenvalue weighted by molar-refractivity contribution is -0.288. The number of fused-ring (bicyclic) bond motifs is 2. The first-order chi connectivity index (χ1) is 33.9. The number of alkyl halides is 6. The summed E-state index contributed by atoms with van der Waals surface area (Å²) in [6.45, 7) is 13.2. The molecule has 0 aliphatic rings. The minimum Gasteiger partial charge on any atom is -0.310 e. The van der Waals surface area contributed by atoms with Gasteiger partial charge in [-0.3, -0.25) is 0 Å². The Balaban J connectivity index is 1.22. The number of anilines is 6. The molecule has 0 heterocycles. The SMILES string of the molecule is CCCCCCC(C)(C)c1ccc(N(c2ccc(C(c3ccc(N(c4ccc(C(C)(C)CCCC)cc4)c4cccc5ccccc45)cc3)(C(F)(F)F)C(F)(F)F)cc2)c2cccc3ccccc23)cc1. The van der Waals surface area contributed by atoms with Gasteiger partial charge in [-0.25, -0.2) is 0 Å². The van der Waals surface area contributed by atoms with Crippen LogP contribution in [0.2, 0.25) is 0 Å². The molecule has 8 rings (SSSR count). The maximum Gasteiger partial charge on any atom is 0.411 e. The molecule has 0 N–H and O–H groups in total. The quantitative estimate of drug-likeness (QED) is 0.0625. The third-order valence-corrected chi connectivity index (χ3v) is 14.6. The van der Waals surface area contributed by atoms with Crippen LogP contribution in [-0.2, 0) is 16.2 Å². The summed E-state index contributed by atoms with van der Waals surface area (Å²) in [6, 6.07) is 52.8. The first-order valence-corrected chi connectivity index (χ1v) is 25.0. The topological polar surface area (TPSA) is 6.48 Å². The first-order valence-electron chi connectivity index (χ1n) is 25.0. The average molecular weight is 963 g/mol. The fourth-order valence-corrected chi connectivity index (χ4v) is 10.4. The number of hydrogen-bond donors (Lipinski definition) is 0. The van der Waals surface area contributed by atoms with Gasteiger partial charge in [0.2, 0.25) is 5.41 Å². The molecule has 0 atom stereocenters. The predicted molar refractivity (Wildman–Crippen MR) is 284 cm³/mol. The Kier molecular flexibility index (Phi) is 14.8. The van der Waals surface area contributed by atoms with Gasteiger partial charge >= 0.3 is 12.4 Å². The lowest BCUT2D eigenvalue weighted by Gasteiger charge is -2.39. The highest BCUT2D eigenvalue weighted by Gasteiger charge is 2.72.